The third kappa shape index (κ3) is 2.21. The van der Waals surface area contributed by atoms with Crippen molar-refractivity contribution < 1.29 is 4.79 Å². The van der Waals surface area contributed by atoms with Gasteiger partial charge in [-0.3, -0.25) is 4.79 Å². The van der Waals surface area contributed by atoms with E-state index in [4.69, 9.17) is 0 Å². The van der Waals surface area contributed by atoms with Gasteiger partial charge in [-0.25, -0.2) is 0 Å². The van der Waals surface area contributed by atoms with Crippen LogP contribution in [-0.2, 0) is 6.42 Å². The van der Waals surface area contributed by atoms with Crippen LogP contribution in [0.25, 0.3) is 0 Å². The number of benzene rings is 2. The number of aldehydes is 1. The first-order chi connectivity index (χ1) is 8.86. The highest BCUT2D eigenvalue weighted by Crippen LogP contribution is 2.38. The van der Waals surface area contributed by atoms with Gasteiger partial charge in [-0.2, -0.15) is 0 Å². The molecular formula is C16H14OS. The molecule has 0 fully saturated rings. The smallest absolute Gasteiger partial charge is 0.150 e. The van der Waals surface area contributed by atoms with Crippen LogP contribution < -0.4 is 0 Å². The van der Waals surface area contributed by atoms with Crippen LogP contribution in [0.3, 0.4) is 0 Å². The van der Waals surface area contributed by atoms with E-state index in [-0.39, 0.29) is 0 Å². The highest BCUT2D eigenvalue weighted by molar-refractivity contribution is 7.99. The van der Waals surface area contributed by atoms with Crippen molar-refractivity contribution in [3.8, 4) is 0 Å². The average Bonchev–Trinajstić information content (AvgIpc) is 2.40. The van der Waals surface area contributed by atoms with Gasteiger partial charge in [0, 0.05) is 16.2 Å². The van der Waals surface area contributed by atoms with Gasteiger partial charge in [0.25, 0.3) is 0 Å². The number of fused-ring (bicyclic) bond motifs is 1. The van der Waals surface area contributed by atoms with Gasteiger partial charge in [0.05, 0.1) is 0 Å². The van der Waals surface area contributed by atoms with Gasteiger partial charge >= 0.3 is 0 Å². The first-order valence-corrected chi connectivity index (χ1v) is 7.11. The van der Waals surface area contributed by atoms with Gasteiger partial charge in [-0.15, -0.1) is 11.8 Å². The highest BCUT2D eigenvalue weighted by Gasteiger charge is 2.24. The number of thioether (sulfide) groups is 1. The fraction of sp³-hybridized carbons (Fsp3) is 0.188. The Hall–Kier alpha value is -1.54. The fourth-order valence-corrected chi connectivity index (χ4v) is 3.37. The second-order valence-corrected chi connectivity index (χ2v) is 5.69. The van der Waals surface area contributed by atoms with Gasteiger partial charge in [0.2, 0.25) is 0 Å². The minimum absolute atomic E-state index is 0.692. The van der Waals surface area contributed by atoms with Crippen LogP contribution in [-0.4, -0.2) is 12.0 Å². The second kappa shape index (κ2) is 4.99. The Morgan fingerprint density at radius 1 is 1.11 bits per heavy atom. The van der Waals surface area contributed by atoms with E-state index in [2.05, 4.69) is 24.3 Å². The minimum atomic E-state index is 0.692. The predicted octanol–water partition coefficient (Wildman–Crippen LogP) is 3.93. The summed E-state index contributed by atoms with van der Waals surface area (Å²) >= 11 is 1.87. The van der Waals surface area contributed by atoms with Crippen LogP contribution in [0, 0.1) is 0 Å². The summed E-state index contributed by atoms with van der Waals surface area (Å²) in [7, 11) is 0. The fourth-order valence-electron chi connectivity index (χ4n) is 2.35. The largest absolute Gasteiger partial charge is 0.298 e. The molecule has 90 valence electrons. The van der Waals surface area contributed by atoms with Crippen LogP contribution in [0.4, 0.5) is 0 Å². The van der Waals surface area contributed by atoms with Gasteiger partial charge in [-0.1, -0.05) is 36.4 Å². The molecule has 1 unspecified atom stereocenters. The topological polar surface area (TPSA) is 17.1 Å². The predicted molar refractivity (Wildman–Crippen MR) is 75.4 cm³/mol. The van der Waals surface area contributed by atoms with Crippen molar-refractivity contribution in [1.29, 1.82) is 0 Å². The SMILES string of the molecule is O=Cc1ccc(SCC2Cc3ccccc32)cc1. The van der Waals surface area contributed by atoms with Gasteiger partial charge in [0.1, 0.15) is 6.29 Å². The summed E-state index contributed by atoms with van der Waals surface area (Å²) in [4.78, 5) is 11.8. The maximum Gasteiger partial charge on any atom is 0.150 e. The van der Waals surface area contributed by atoms with Crippen LogP contribution in [0.2, 0.25) is 0 Å². The van der Waals surface area contributed by atoms with Crippen LogP contribution in [0.1, 0.15) is 27.4 Å². The zero-order valence-electron chi connectivity index (χ0n) is 10.0. The molecule has 0 saturated heterocycles. The summed E-state index contributed by atoms with van der Waals surface area (Å²) in [6.45, 7) is 0. The minimum Gasteiger partial charge on any atom is -0.298 e. The number of hydrogen-bond acceptors (Lipinski definition) is 2. The zero-order valence-corrected chi connectivity index (χ0v) is 10.8. The summed E-state index contributed by atoms with van der Waals surface area (Å²) in [5.41, 5.74) is 3.75. The molecule has 1 nitrogen and oxygen atoms in total. The van der Waals surface area contributed by atoms with Gasteiger partial charge in [-0.05, 0) is 35.6 Å². The lowest BCUT2D eigenvalue weighted by molar-refractivity contribution is 0.112. The van der Waals surface area contributed by atoms with E-state index in [0.29, 0.717) is 5.92 Å². The van der Waals surface area contributed by atoms with Crippen molar-refractivity contribution in [3.63, 3.8) is 0 Å². The van der Waals surface area contributed by atoms with E-state index in [1.54, 1.807) is 0 Å². The number of carbonyl (C=O) groups excluding carboxylic acids is 1. The molecule has 0 radical (unpaired) electrons. The van der Waals surface area contributed by atoms with E-state index in [1.807, 2.05) is 36.0 Å². The third-order valence-corrected chi connectivity index (χ3v) is 4.60. The Labute approximate surface area is 111 Å². The maximum absolute atomic E-state index is 10.6. The molecule has 1 atom stereocenters. The third-order valence-electron chi connectivity index (χ3n) is 3.43. The monoisotopic (exact) mass is 254 g/mol. The summed E-state index contributed by atoms with van der Waals surface area (Å²) in [6, 6.07) is 16.5. The quantitative estimate of drug-likeness (QED) is 0.607. The van der Waals surface area contributed by atoms with E-state index in [1.165, 1.54) is 22.4 Å². The zero-order chi connectivity index (χ0) is 12.4. The molecule has 2 aromatic carbocycles. The molecule has 0 aromatic heterocycles. The summed E-state index contributed by atoms with van der Waals surface area (Å²) in [5, 5.41) is 0. The summed E-state index contributed by atoms with van der Waals surface area (Å²) < 4.78 is 0. The Morgan fingerprint density at radius 2 is 1.89 bits per heavy atom. The molecule has 0 spiro atoms. The molecule has 0 amide bonds. The number of carbonyl (C=O) groups is 1. The van der Waals surface area contributed by atoms with Gasteiger partial charge in [0.15, 0.2) is 0 Å². The Balaban J connectivity index is 1.61. The molecule has 2 aromatic rings. The summed E-state index contributed by atoms with van der Waals surface area (Å²) in [5.74, 6) is 1.81. The average molecular weight is 254 g/mol. The van der Waals surface area contributed by atoms with E-state index >= 15 is 0 Å². The van der Waals surface area contributed by atoms with E-state index in [9.17, 15) is 4.79 Å². The Bertz CT molecular complexity index is 560. The molecule has 18 heavy (non-hydrogen) atoms. The standard InChI is InChI=1S/C16H14OS/c17-10-12-5-7-15(8-6-12)18-11-14-9-13-3-1-2-4-16(13)14/h1-8,10,14H,9,11H2. The van der Waals surface area contributed by atoms with Crippen LogP contribution >= 0.6 is 11.8 Å². The van der Waals surface area contributed by atoms with Crippen molar-refractivity contribution in [1.82, 2.24) is 0 Å². The molecule has 0 N–H and O–H groups in total. The molecule has 0 bridgehead atoms. The maximum atomic E-state index is 10.6. The summed E-state index contributed by atoms with van der Waals surface area (Å²) in [6.07, 6.45) is 2.09. The van der Waals surface area contributed by atoms with Crippen molar-refractivity contribution in [2.24, 2.45) is 0 Å². The van der Waals surface area contributed by atoms with Crippen LogP contribution in [0.5, 0.6) is 0 Å². The lowest BCUT2D eigenvalue weighted by Crippen LogP contribution is -2.18. The van der Waals surface area contributed by atoms with Gasteiger partial charge < -0.3 is 0 Å². The molecule has 0 saturated carbocycles. The van der Waals surface area contributed by atoms with Crippen molar-refractivity contribution in [2.45, 2.75) is 17.2 Å². The molecule has 3 rings (SSSR count). The molecule has 2 heteroatoms. The molecule has 0 heterocycles. The van der Waals surface area contributed by atoms with Crippen molar-refractivity contribution in [3.05, 3.63) is 65.2 Å². The van der Waals surface area contributed by atoms with Crippen molar-refractivity contribution >= 4 is 18.0 Å². The Kier molecular flexibility index (Phi) is 3.20. The van der Waals surface area contributed by atoms with E-state index in [0.717, 1.165) is 17.6 Å². The second-order valence-electron chi connectivity index (χ2n) is 4.60. The first kappa shape index (κ1) is 11.5. The van der Waals surface area contributed by atoms with E-state index < -0.39 is 0 Å². The molecule has 1 aliphatic rings. The number of rotatable bonds is 4. The van der Waals surface area contributed by atoms with Crippen LogP contribution in [0.15, 0.2) is 53.4 Å². The first-order valence-electron chi connectivity index (χ1n) is 6.12. The number of hydrogen-bond donors (Lipinski definition) is 0. The molecular weight excluding hydrogens is 240 g/mol. The van der Waals surface area contributed by atoms with Crippen molar-refractivity contribution in [2.75, 3.05) is 5.75 Å². The lowest BCUT2D eigenvalue weighted by Gasteiger charge is -2.29. The molecule has 1 aliphatic carbocycles. The molecule has 0 aliphatic heterocycles. The normalized spacial score (nSPS) is 16.8. The highest BCUT2D eigenvalue weighted by atomic mass is 32.2. The Morgan fingerprint density at radius 3 is 2.61 bits per heavy atom. The lowest BCUT2D eigenvalue weighted by atomic mass is 9.79.